The lowest BCUT2D eigenvalue weighted by atomic mass is 9.77. The molecule has 2 heteroatoms. The molecule has 25 heavy (non-hydrogen) atoms. The zero-order valence-corrected chi connectivity index (χ0v) is 15.1. The van der Waals surface area contributed by atoms with Crippen LogP contribution in [0.25, 0.3) is 11.1 Å². The topological polar surface area (TPSA) is 0 Å². The Kier molecular flexibility index (Phi) is 6.23. The van der Waals surface area contributed by atoms with Crippen LogP contribution in [0, 0.1) is 17.6 Å². The maximum Gasteiger partial charge on any atom is 0.133 e. The molecule has 1 saturated carbocycles. The largest absolute Gasteiger partial charge is 0.207 e. The molecule has 0 bridgehead atoms. The maximum atomic E-state index is 13.9. The molecule has 2 aromatic rings. The molecule has 0 nitrogen and oxygen atoms in total. The lowest BCUT2D eigenvalue weighted by molar-refractivity contribution is 0.303. The lowest BCUT2D eigenvalue weighted by Crippen LogP contribution is -2.13. The molecule has 0 aromatic heterocycles. The fourth-order valence-corrected chi connectivity index (χ4v) is 4.13. The number of hydrogen-bond acceptors (Lipinski definition) is 0. The first kappa shape index (κ1) is 18.1. The third-order valence-corrected chi connectivity index (χ3v) is 5.69. The summed E-state index contributed by atoms with van der Waals surface area (Å²) >= 11 is 0. The summed E-state index contributed by atoms with van der Waals surface area (Å²) in [5.74, 6) is 0.513. The molecule has 0 radical (unpaired) electrons. The van der Waals surface area contributed by atoms with Gasteiger partial charge < -0.3 is 0 Å². The standard InChI is InChI=1S/C23H28F2/c1-2-3-4-5-17-6-8-18(9-7-17)19-10-12-20(13-11-19)22-15-14-21(24)16-23(22)25/h10-18H,2-9H2,1H3/t17-,18-. The Balaban J connectivity index is 1.60. The van der Waals surface area contributed by atoms with Crippen LogP contribution in [0.2, 0.25) is 0 Å². The molecule has 0 N–H and O–H groups in total. The molecule has 0 unspecified atom stereocenters. The Labute approximate surface area is 150 Å². The van der Waals surface area contributed by atoms with E-state index in [-0.39, 0.29) is 0 Å². The van der Waals surface area contributed by atoms with Gasteiger partial charge in [0, 0.05) is 11.6 Å². The van der Waals surface area contributed by atoms with Crippen LogP contribution in [0.1, 0.15) is 69.8 Å². The van der Waals surface area contributed by atoms with Crippen molar-refractivity contribution in [2.24, 2.45) is 5.92 Å². The Morgan fingerprint density at radius 1 is 0.880 bits per heavy atom. The van der Waals surface area contributed by atoms with Crippen molar-refractivity contribution in [3.8, 4) is 11.1 Å². The molecule has 3 rings (SSSR count). The second kappa shape index (κ2) is 8.60. The molecule has 1 aliphatic carbocycles. The number of hydrogen-bond donors (Lipinski definition) is 0. The van der Waals surface area contributed by atoms with Gasteiger partial charge in [-0.05, 0) is 60.8 Å². The minimum atomic E-state index is -0.534. The predicted octanol–water partition coefficient (Wildman–Crippen LogP) is 7.49. The minimum Gasteiger partial charge on any atom is -0.207 e. The molecule has 1 fully saturated rings. The quantitative estimate of drug-likeness (QED) is 0.477. The van der Waals surface area contributed by atoms with E-state index in [0.29, 0.717) is 11.5 Å². The SMILES string of the molecule is CCCCC[C@H]1CC[C@H](c2ccc(-c3ccc(F)cc3F)cc2)CC1. The number of benzene rings is 2. The Morgan fingerprint density at radius 3 is 2.24 bits per heavy atom. The smallest absolute Gasteiger partial charge is 0.133 e. The van der Waals surface area contributed by atoms with E-state index in [9.17, 15) is 8.78 Å². The fraction of sp³-hybridized carbons (Fsp3) is 0.478. The van der Waals surface area contributed by atoms with E-state index in [2.05, 4.69) is 19.1 Å². The van der Waals surface area contributed by atoms with Crippen molar-refractivity contribution in [2.75, 3.05) is 0 Å². The lowest BCUT2D eigenvalue weighted by Gasteiger charge is -2.29. The van der Waals surface area contributed by atoms with Gasteiger partial charge >= 0.3 is 0 Å². The van der Waals surface area contributed by atoms with Crippen LogP contribution in [-0.2, 0) is 0 Å². The molecule has 134 valence electrons. The van der Waals surface area contributed by atoms with Crippen molar-refractivity contribution < 1.29 is 8.78 Å². The average Bonchev–Trinajstić information content (AvgIpc) is 2.63. The summed E-state index contributed by atoms with van der Waals surface area (Å²) in [5.41, 5.74) is 2.64. The van der Waals surface area contributed by atoms with E-state index in [4.69, 9.17) is 0 Å². The average molecular weight is 342 g/mol. The fourth-order valence-electron chi connectivity index (χ4n) is 4.13. The van der Waals surface area contributed by atoms with Gasteiger partial charge in [-0.1, -0.05) is 56.9 Å². The maximum absolute atomic E-state index is 13.9. The van der Waals surface area contributed by atoms with Gasteiger partial charge in [-0.25, -0.2) is 8.78 Å². The monoisotopic (exact) mass is 342 g/mol. The van der Waals surface area contributed by atoms with E-state index in [1.54, 1.807) is 0 Å². The van der Waals surface area contributed by atoms with Crippen LogP contribution < -0.4 is 0 Å². The van der Waals surface area contributed by atoms with Crippen molar-refractivity contribution >= 4 is 0 Å². The van der Waals surface area contributed by atoms with Crippen LogP contribution in [0.4, 0.5) is 8.78 Å². The zero-order chi connectivity index (χ0) is 17.6. The van der Waals surface area contributed by atoms with Crippen molar-refractivity contribution in [1.82, 2.24) is 0 Å². The van der Waals surface area contributed by atoms with Crippen LogP contribution in [-0.4, -0.2) is 0 Å². The normalized spacial score (nSPS) is 20.6. The Hall–Kier alpha value is -1.70. The first-order chi connectivity index (χ1) is 12.2. The van der Waals surface area contributed by atoms with Crippen molar-refractivity contribution in [2.45, 2.75) is 64.2 Å². The molecule has 0 atom stereocenters. The number of unbranched alkanes of at least 4 members (excludes halogenated alkanes) is 2. The van der Waals surface area contributed by atoms with E-state index in [1.165, 1.54) is 69.1 Å². The van der Waals surface area contributed by atoms with Crippen LogP contribution >= 0.6 is 0 Å². The molecular formula is C23H28F2. The summed E-state index contributed by atoms with van der Waals surface area (Å²) in [6.07, 6.45) is 10.6. The third kappa shape index (κ3) is 4.68. The summed E-state index contributed by atoms with van der Waals surface area (Å²) in [5, 5.41) is 0. The van der Waals surface area contributed by atoms with E-state index in [1.807, 2.05) is 12.1 Å². The van der Waals surface area contributed by atoms with Gasteiger partial charge in [0.15, 0.2) is 0 Å². The van der Waals surface area contributed by atoms with Crippen molar-refractivity contribution in [1.29, 1.82) is 0 Å². The number of halogens is 2. The highest BCUT2D eigenvalue weighted by Gasteiger charge is 2.22. The van der Waals surface area contributed by atoms with Crippen LogP contribution in [0.15, 0.2) is 42.5 Å². The van der Waals surface area contributed by atoms with Gasteiger partial charge in [0.2, 0.25) is 0 Å². The third-order valence-electron chi connectivity index (χ3n) is 5.69. The summed E-state index contributed by atoms with van der Waals surface area (Å²) in [6.45, 7) is 2.26. The Bertz CT molecular complexity index is 667. The van der Waals surface area contributed by atoms with Gasteiger partial charge in [0.1, 0.15) is 11.6 Å². The second-order valence-corrected chi connectivity index (χ2v) is 7.46. The summed E-state index contributed by atoms with van der Waals surface area (Å²) in [4.78, 5) is 0. The molecule has 2 aromatic carbocycles. The Morgan fingerprint density at radius 2 is 1.60 bits per heavy atom. The van der Waals surface area contributed by atoms with Gasteiger partial charge in [-0.3, -0.25) is 0 Å². The second-order valence-electron chi connectivity index (χ2n) is 7.46. The van der Waals surface area contributed by atoms with Gasteiger partial charge in [-0.15, -0.1) is 0 Å². The van der Waals surface area contributed by atoms with Gasteiger partial charge in [-0.2, -0.15) is 0 Å². The van der Waals surface area contributed by atoms with Gasteiger partial charge in [0.05, 0.1) is 0 Å². The summed E-state index contributed by atoms with van der Waals surface area (Å²) in [7, 11) is 0. The molecule has 1 aliphatic rings. The van der Waals surface area contributed by atoms with Crippen molar-refractivity contribution in [3.05, 3.63) is 59.7 Å². The summed E-state index contributed by atoms with van der Waals surface area (Å²) in [6, 6.07) is 12.0. The highest BCUT2D eigenvalue weighted by atomic mass is 19.1. The molecule has 0 spiro atoms. The first-order valence-electron chi connectivity index (χ1n) is 9.72. The molecule has 0 aliphatic heterocycles. The molecular weight excluding hydrogens is 314 g/mol. The predicted molar refractivity (Wildman–Crippen MR) is 101 cm³/mol. The van der Waals surface area contributed by atoms with Crippen LogP contribution in [0.3, 0.4) is 0 Å². The molecule has 0 saturated heterocycles. The van der Waals surface area contributed by atoms with Crippen LogP contribution in [0.5, 0.6) is 0 Å². The van der Waals surface area contributed by atoms with E-state index in [0.717, 1.165) is 17.5 Å². The minimum absolute atomic E-state index is 0.465. The van der Waals surface area contributed by atoms with E-state index >= 15 is 0 Å². The molecule has 0 amide bonds. The molecule has 0 heterocycles. The van der Waals surface area contributed by atoms with E-state index < -0.39 is 11.6 Å². The summed E-state index contributed by atoms with van der Waals surface area (Å²) < 4.78 is 27.0. The first-order valence-corrected chi connectivity index (χ1v) is 9.72. The van der Waals surface area contributed by atoms with Crippen molar-refractivity contribution in [3.63, 3.8) is 0 Å². The highest BCUT2D eigenvalue weighted by Crippen LogP contribution is 2.38. The highest BCUT2D eigenvalue weighted by molar-refractivity contribution is 5.64. The zero-order valence-electron chi connectivity index (χ0n) is 15.1. The van der Waals surface area contributed by atoms with Gasteiger partial charge in [0.25, 0.3) is 0 Å². The number of rotatable bonds is 6.